The van der Waals surface area contributed by atoms with Crippen LogP contribution in [0.5, 0.6) is 0 Å². The number of rotatable bonds is 3. The monoisotopic (exact) mass is 303 g/mol. The molecule has 0 radical (unpaired) electrons. The van der Waals surface area contributed by atoms with Crippen LogP contribution < -0.4 is 0 Å². The average molecular weight is 303 g/mol. The van der Waals surface area contributed by atoms with E-state index in [4.69, 9.17) is 9.72 Å². The van der Waals surface area contributed by atoms with E-state index in [2.05, 4.69) is 15.6 Å². The van der Waals surface area contributed by atoms with E-state index in [0.29, 0.717) is 12.0 Å². The Kier molecular flexibility index (Phi) is 3.86. The van der Waals surface area contributed by atoms with Crippen LogP contribution in [0, 0.1) is 5.92 Å². The van der Waals surface area contributed by atoms with Gasteiger partial charge in [-0.05, 0) is 43.1 Å². The maximum Gasteiger partial charge on any atom is 0.160 e. The number of fused-ring (bicyclic) bond motifs is 1. The zero-order chi connectivity index (χ0) is 14.1. The number of imidazole rings is 1. The normalized spacial score (nSPS) is 23.9. The Labute approximate surface area is 129 Å². The average Bonchev–Trinajstić information content (AvgIpc) is 3.14. The first-order valence-electron chi connectivity index (χ1n) is 7.89. The molecule has 2 aromatic rings. The van der Waals surface area contributed by atoms with E-state index < -0.39 is 0 Å². The largest absolute Gasteiger partial charge is 0.381 e. The third-order valence-corrected chi connectivity index (χ3v) is 5.75. The molecule has 0 aliphatic carbocycles. The van der Waals surface area contributed by atoms with Gasteiger partial charge in [0.15, 0.2) is 5.65 Å². The minimum Gasteiger partial charge on any atom is -0.381 e. The van der Waals surface area contributed by atoms with Crippen molar-refractivity contribution in [3.8, 4) is 0 Å². The number of hydrogen-bond acceptors (Lipinski definition) is 4. The van der Waals surface area contributed by atoms with E-state index in [9.17, 15) is 0 Å². The van der Waals surface area contributed by atoms with Gasteiger partial charge in [-0.3, -0.25) is 0 Å². The van der Waals surface area contributed by atoms with Crippen molar-refractivity contribution in [1.82, 2.24) is 14.5 Å². The topological polar surface area (TPSA) is 39.9 Å². The third kappa shape index (κ3) is 2.69. The Morgan fingerprint density at radius 2 is 2.19 bits per heavy atom. The predicted molar refractivity (Wildman–Crippen MR) is 85.8 cm³/mol. The maximum atomic E-state index is 5.48. The number of aromatic nitrogens is 3. The lowest BCUT2D eigenvalue weighted by molar-refractivity contribution is 0.0657. The van der Waals surface area contributed by atoms with Crippen LogP contribution in [0.25, 0.3) is 11.2 Å². The lowest BCUT2D eigenvalue weighted by Crippen LogP contribution is -2.21. The molecule has 2 fully saturated rings. The van der Waals surface area contributed by atoms with E-state index in [0.717, 1.165) is 43.6 Å². The molecule has 21 heavy (non-hydrogen) atoms. The minimum atomic E-state index is 0.574. The van der Waals surface area contributed by atoms with Crippen molar-refractivity contribution in [1.29, 1.82) is 0 Å². The summed E-state index contributed by atoms with van der Waals surface area (Å²) in [6.45, 7) is 1.81. The molecule has 4 heterocycles. The van der Waals surface area contributed by atoms with Gasteiger partial charge < -0.3 is 9.30 Å². The Morgan fingerprint density at radius 3 is 3.00 bits per heavy atom. The highest BCUT2D eigenvalue weighted by molar-refractivity contribution is 7.99. The maximum absolute atomic E-state index is 5.48. The van der Waals surface area contributed by atoms with E-state index in [-0.39, 0.29) is 0 Å². The summed E-state index contributed by atoms with van der Waals surface area (Å²) in [5, 5.41) is 0. The molecule has 0 saturated carbocycles. The number of ether oxygens (including phenoxy) is 1. The first kappa shape index (κ1) is 13.6. The van der Waals surface area contributed by atoms with Gasteiger partial charge in [0.05, 0.1) is 0 Å². The minimum absolute atomic E-state index is 0.574. The molecule has 2 aliphatic heterocycles. The molecule has 0 N–H and O–H groups in total. The van der Waals surface area contributed by atoms with Gasteiger partial charge in [0.2, 0.25) is 0 Å². The van der Waals surface area contributed by atoms with E-state index in [1.54, 1.807) is 0 Å². The van der Waals surface area contributed by atoms with Crippen LogP contribution >= 0.6 is 11.8 Å². The van der Waals surface area contributed by atoms with Crippen LogP contribution in [-0.4, -0.2) is 39.3 Å². The van der Waals surface area contributed by atoms with Crippen LogP contribution in [-0.2, 0) is 11.2 Å². The quantitative estimate of drug-likeness (QED) is 0.873. The summed E-state index contributed by atoms with van der Waals surface area (Å²) in [5.74, 6) is 4.41. The van der Waals surface area contributed by atoms with Gasteiger partial charge in [0, 0.05) is 37.6 Å². The first-order valence-corrected chi connectivity index (χ1v) is 9.04. The number of pyridine rings is 1. The zero-order valence-electron chi connectivity index (χ0n) is 12.2. The molecule has 112 valence electrons. The molecule has 4 nitrogen and oxygen atoms in total. The zero-order valence-corrected chi connectivity index (χ0v) is 13.0. The number of thioether (sulfide) groups is 1. The Morgan fingerprint density at radius 1 is 1.29 bits per heavy atom. The Hall–Kier alpha value is -1.07. The van der Waals surface area contributed by atoms with Crippen LogP contribution in [0.2, 0.25) is 0 Å². The van der Waals surface area contributed by atoms with Crippen LogP contribution in [0.3, 0.4) is 0 Å². The molecular weight excluding hydrogens is 282 g/mol. The van der Waals surface area contributed by atoms with Gasteiger partial charge in [-0.15, -0.1) is 0 Å². The summed E-state index contributed by atoms with van der Waals surface area (Å²) >= 11 is 2.05. The molecule has 5 heteroatoms. The summed E-state index contributed by atoms with van der Waals surface area (Å²) in [7, 11) is 0. The number of nitrogens with zero attached hydrogens (tertiary/aromatic N) is 3. The van der Waals surface area contributed by atoms with Gasteiger partial charge >= 0.3 is 0 Å². The summed E-state index contributed by atoms with van der Waals surface area (Å²) in [6, 6.07) is 4.65. The Balaban J connectivity index is 1.70. The van der Waals surface area contributed by atoms with Crippen molar-refractivity contribution in [2.75, 3.05) is 24.7 Å². The molecule has 2 aromatic heterocycles. The van der Waals surface area contributed by atoms with Crippen LogP contribution in [0.1, 0.15) is 31.1 Å². The fourth-order valence-electron chi connectivity index (χ4n) is 3.44. The van der Waals surface area contributed by atoms with Crippen molar-refractivity contribution in [2.45, 2.75) is 31.7 Å². The van der Waals surface area contributed by atoms with Gasteiger partial charge in [0.1, 0.15) is 11.3 Å². The molecule has 0 aromatic carbocycles. The van der Waals surface area contributed by atoms with E-state index in [1.165, 1.54) is 23.8 Å². The van der Waals surface area contributed by atoms with Crippen LogP contribution in [0.15, 0.2) is 18.3 Å². The van der Waals surface area contributed by atoms with Gasteiger partial charge in [-0.2, -0.15) is 11.8 Å². The van der Waals surface area contributed by atoms with Crippen LogP contribution in [0.4, 0.5) is 0 Å². The van der Waals surface area contributed by atoms with Crippen molar-refractivity contribution in [2.24, 2.45) is 5.92 Å². The van der Waals surface area contributed by atoms with E-state index in [1.807, 2.05) is 24.0 Å². The fourth-order valence-corrected chi connectivity index (χ4v) is 4.63. The lowest BCUT2D eigenvalue weighted by atomic mass is 9.96. The van der Waals surface area contributed by atoms with Crippen molar-refractivity contribution in [3.05, 3.63) is 24.2 Å². The lowest BCUT2D eigenvalue weighted by Gasteiger charge is -2.23. The Bertz CT molecular complexity index is 615. The highest BCUT2D eigenvalue weighted by Gasteiger charge is 2.25. The summed E-state index contributed by atoms with van der Waals surface area (Å²) < 4.78 is 7.92. The van der Waals surface area contributed by atoms with Gasteiger partial charge in [0.25, 0.3) is 0 Å². The second-order valence-electron chi connectivity index (χ2n) is 6.02. The standard InChI is InChI=1S/C16H21N3OS/c1-2-14-16(17-6-1)19(13-5-9-21-11-13)15(18-14)10-12-3-7-20-8-4-12/h1-2,6,12-13H,3-5,7-11H2. The molecule has 0 bridgehead atoms. The highest BCUT2D eigenvalue weighted by Crippen LogP contribution is 2.33. The number of hydrogen-bond donors (Lipinski definition) is 0. The first-order chi connectivity index (χ1) is 10.4. The van der Waals surface area contributed by atoms with Gasteiger partial charge in [-0.1, -0.05) is 0 Å². The smallest absolute Gasteiger partial charge is 0.160 e. The fraction of sp³-hybridized carbons (Fsp3) is 0.625. The summed E-state index contributed by atoms with van der Waals surface area (Å²) in [5.41, 5.74) is 2.13. The summed E-state index contributed by atoms with van der Waals surface area (Å²) in [4.78, 5) is 9.51. The predicted octanol–water partition coefficient (Wildman–Crippen LogP) is 3.08. The van der Waals surface area contributed by atoms with Crippen molar-refractivity contribution < 1.29 is 4.74 Å². The van der Waals surface area contributed by atoms with Crippen molar-refractivity contribution in [3.63, 3.8) is 0 Å². The molecule has 1 unspecified atom stereocenters. The van der Waals surface area contributed by atoms with Gasteiger partial charge in [-0.25, -0.2) is 9.97 Å². The second kappa shape index (κ2) is 5.97. The SMILES string of the molecule is c1cnc2c(c1)nc(CC1CCOCC1)n2C1CCSC1. The molecule has 0 amide bonds. The molecule has 4 rings (SSSR count). The highest BCUT2D eigenvalue weighted by atomic mass is 32.2. The molecule has 2 aliphatic rings. The third-order valence-electron chi connectivity index (χ3n) is 4.60. The molecule has 1 atom stereocenters. The molecule has 0 spiro atoms. The van der Waals surface area contributed by atoms with E-state index >= 15 is 0 Å². The second-order valence-corrected chi connectivity index (χ2v) is 7.17. The summed E-state index contributed by atoms with van der Waals surface area (Å²) in [6.07, 6.45) is 6.53. The van der Waals surface area contributed by atoms with Crippen molar-refractivity contribution >= 4 is 22.9 Å². The molecular formula is C16H21N3OS. The molecule has 2 saturated heterocycles.